The van der Waals surface area contributed by atoms with E-state index in [1.165, 1.54) is 11.3 Å². The lowest BCUT2D eigenvalue weighted by atomic mass is 10.1. The Kier molecular flexibility index (Phi) is 3.43. The molecule has 2 aromatic rings. The number of rotatable bonds is 2. The Morgan fingerprint density at radius 2 is 2.35 bits per heavy atom. The normalized spacial score (nSPS) is 14.8. The molecular weight excluding hydrogens is 276 g/mol. The minimum absolute atomic E-state index is 0.0146. The molecule has 0 spiro atoms. The number of methoxy groups -OCH3 is 1. The standard InChI is InChI=1S/C13H16N4O2S/c1-16-11-6-17(13(18)10-7-20-8-14-10)5-3-4-9(11)12(15-16)19-2/h7-8H,3-6H2,1-2H3. The first-order valence-corrected chi connectivity index (χ1v) is 7.41. The van der Waals surface area contributed by atoms with Gasteiger partial charge in [-0.05, 0) is 12.8 Å². The van der Waals surface area contributed by atoms with E-state index in [1.807, 2.05) is 11.9 Å². The Morgan fingerprint density at radius 3 is 3.05 bits per heavy atom. The Hall–Kier alpha value is -1.89. The molecule has 7 heteroatoms. The predicted molar refractivity (Wildman–Crippen MR) is 74.9 cm³/mol. The molecule has 0 saturated carbocycles. The number of fused-ring (bicyclic) bond motifs is 1. The molecule has 0 bridgehead atoms. The molecule has 0 unspecified atom stereocenters. The van der Waals surface area contributed by atoms with E-state index in [1.54, 1.807) is 22.7 Å². The zero-order chi connectivity index (χ0) is 14.1. The van der Waals surface area contributed by atoms with Crippen LogP contribution in [0.5, 0.6) is 5.88 Å². The van der Waals surface area contributed by atoms with E-state index < -0.39 is 0 Å². The molecule has 0 saturated heterocycles. The van der Waals surface area contributed by atoms with Crippen molar-refractivity contribution in [2.24, 2.45) is 7.05 Å². The van der Waals surface area contributed by atoms with Crippen LogP contribution in [0, 0.1) is 0 Å². The maximum atomic E-state index is 12.4. The van der Waals surface area contributed by atoms with Crippen LogP contribution in [0.25, 0.3) is 0 Å². The van der Waals surface area contributed by atoms with Crippen LogP contribution in [0.1, 0.15) is 28.2 Å². The van der Waals surface area contributed by atoms with Crippen LogP contribution in [0.4, 0.5) is 0 Å². The zero-order valence-electron chi connectivity index (χ0n) is 11.5. The van der Waals surface area contributed by atoms with Crippen LogP contribution in [-0.4, -0.2) is 39.2 Å². The van der Waals surface area contributed by atoms with E-state index >= 15 is 0 Å². The van der Waals surface area contributed by atoms with Crippen LogP contribution in [0.15, 0.2) is 10.9 Å². The molecule has 1 aliphatic rings. The van der Waals surface area contributed by atoms with Gasteiger partial charge in [0.05, 0.1) is 24.9 Å². The lowest BCUT2D eigenvalue weighted by molar-refractivity contribution is 0.0737. The highest BCUT2D eigenvalue weighted by Gasteiger charge is 2.26. The average Bonchev–Trinajstić information content (AvgIpc) is 3.01. The maximum absolute atomic E-state index is 12.4. The van der Waals surface area contributed by atoms with Gasteiger partial charge in [-0.25, -0.2) is 4.98 Å². The smallest absolute Gasteiger partial charge is 0.273 e. The van der Waals surface area contributed by atoms with Crippen molar-refractivity contribution in [2.45, 2.75) is 19.4 Å². The highest BCUT2D eigenvalue weighted by molar-refractivity contribution is 7.07. The summed E-state index contributed by atoms with van der Waals surface area (Å²) in [6.07, 6.45) is 1.79. The van der Waals surface area contributed by atoms with Gasteiger partial charge in [-0.15, -0.1) is 16.4 Å². The fourth-order valence-corrected chi connectivity index (χ4v) is 3.07. The summed E-state index contributed by atoms with van der Waals surface area (Å²) in [5.41, 5.74) is 4.36. The summed E-state index contributed by atoms with van der Waals surface area (Å²) in [4.78, 5) is 18.4. The maximum Gasteiger partial charge on any atom is 0.273 e. The highest BCUT2D eigenvalue weighted by atomic mass is 32.1. The number of carbonyl (C=O) groups is 1. The molecule has 0 radical (unpaired) electrons. The van der Waals surface area contributed by atoms with E-state index in [0.717, 1.165) is 30.6 Å². The summed E-state index contributed by atoms with van der Waals surface area (Å²) in [5.74, 6) is 0.657. The minimum atomic E-state index is -0.0146. The molecule has 0 aliphatic carbocycles. The molecule has 1 aliphatic heterocycles. The minimum Gasteiger partial charge on any atom is -0.480 e. The van der Waals surface area contributed by atoms with Crippen molar-refractivity contribution >= 4 is 17.2 Å². The van der Waals surface area contributed by atoms with E-state index in [0.29, 0.717) is 18.1 Å². The van der Waals surface area contributed by atoms with Crippen molar-refractivity contribution in [1.82, 2.24) is 19.7 Å². The first kappa shape index (κ1) is 13.1. The van der Waals surface area contributed by atoms with E-state index in [9.17, 15) is 4.79 Å². The molecule has 2 aromatic heterocycles. The summed E-state index contributed by atoms with van der Waals surface area (Å²) in [6, 6.07) is 0. The predicted octanol–water partition coefficient (Wildman–Crippen LogP) is 1.47. The fourth-order valence-electron chi connectivity index (χ4n) is 2.55. The first-order chi connectivity index (χ1) is 9.70. The van der Waals surface area contributed by atoms with Crippen LogP contribution in [-0.2, 0) is 20.0 Å². The summed E-state index contributed by atoms with van der Waals surface area (Å²) >= 11 is 1.44. The van der Waals surface area contributed by atoms with Gasteiger partial charge >= 0.3 is 0 Å². The molecule has 106 valence electrons. The van der Waals surface area contributed by atoms with Gasteiger partial charge in [0.1, 0.15) is 5.69 Å². The second kappa shape index (κ2) is 5.24. The van der Waals surface area contributed by atoms with E-state index in [4.69, 9.17) is 4.74 Å². The van der Waals surface area contributed by atoms with Gasteiger partial charge in [0, 0.05) is 24.5 Å². The second-order valence-electron chi connectivity index (χ2n) is 4.76. The van der Waals surface area contributed by atoms with Crippen molar-refractivity contribution in [2.75, 3.05) is 13.7 Å². The third kappa shape index (κ3) is 2.18. The number of aromatic nitrogens is 3. The number of nitrogens with zero attached hydrogens (tertiary/aromatic N) is 4. The van der Waals surface area contributed by atoms with Gasteiger partial charge in [-0.1, -0.05) is 0 Å². The largest absolute Gasteiger partial charge is 0.480 e. The SMILES string of the molecule is COc1nn(C)c2c1CCCN(C(=O)c1cscn1)C2. The molecule has 3 rings (SSSR count). The number of ether oxygens (including phenoxy) is 1. The quantitative estimate of drug-likeness (QED) is 0.841. The summed E-state index contributed by atoms with van der Waals surface area (Å²) < 4.78 is 7.12. The Balaban J connectivity index is 1.90. The molecule has 6 nitrogen and oxygen atoms in total. The van der Waals surface area contributed by atoms with Crippen molar-refractivity contribution in [3.8, 4) is 5.88 Å². The van der Waals surface area contributed by atoms with Gasteiger partial charge in [0.25, 0.3) is 5.91 Å². The van der Waals surface area contributed by atoms with E-state index in [2.05, 4.69) is 10.1 Å². The second-order valence-corrected chi connectivity index (χ2v) is 5.48. The third-order valence-electron chi connectivity index (χ3n) is 3.57. The molecular formula is C13H16N4O2S. The average molecular weight is 292 g/mol. The van der Waals surface area contributed by atoms with Crippen LogP contribution in [0.3, 0.4) is 0 Å². The molecule has 3 heterocycles. The monoisotopic (exact) mass is 292 g/mol. The van der Waals surface area contributed by atoms with E-state index in [-0.39, 0.29) is 5.91 Å². The lowest BCUT2D eigenvalue weighted by Gasteiger charge is -2.19. The van der Waals surface area contributed by atoms with Crippen molar-refractivity contribution in [3.63, 3.8) is 0 Å². The Bertz CT molecular complexity index is 621. The van der Waals surface area contributed by atoms with Crippen LogP contribution < -0.4 is 4.74 Å². The van der Waals surface area contributed by atoms with Crippen molar-refractivity contribution in [1.29, 1.82) is 0 Å². The first-order valence-electron chi connectivity index (χ1n) is 6.47. The Morgan fingerprint density at radius 1 is 1.50 bits per heavy atom. The zero-order valence-corrected chi connectivity index (χ0v) is 12.3. The molecule has 20 heavy (non-hydrogen) atoms. The molecule has 0 fully saturated rings. The van der Waals surface area contributed by atoms with Crippen molar-refractivity contribution in [3.05, 3.63) is 27.8 Å². The third-order valence-corrected chi connectivity index (χ3v) is 4.15. The molecule has 0 aromatic carbocycles. The van der Waals surface area contributed by atoms with Crippen molar-refractivity contribution < 1.29 is 9.53 Å². The number of amides is 1. The molecule has 0 N–H and O–H groups in total. The number of carbonyl (C=O) groups excluding carboxylic acids is 1. The molecule has 0 atom stereocenters. The summed E-state index contributed by atoms with van der Waals surface area (Å²) in [7, 11) is 3.52. The topological polar surface area (TPSA) is 60.2 Å². The van der Waals surface area contributed by atoms with Gasteiger partial charge in [0.15, 0.2) is 0 Å². The van der Waals surface area contributed by atoms with Crippen LogP contribution in [0.2, 0.25) is 0 Å². The summed E-state index contributed by atoms with van der Waals surface area (Å²) in [6.45, 7) is 1.28. The van der Waals surface area contributed by atoms with Crippen LogP contribution >= 0.6 is 11.3 Å². The number of thiazole rings is 1. The lowest BCUT2D eigenvalue weighted by Crippen LogP contribution is -2.31. The molecule has 1 amide bonds. The van der Waals surface area contributed by atoms with Gasteiger partial charge < -0.3 is 9.64 Å². The number of hydrogen-bond acceptors (Lipinski definition) is 5. The number of aryl methyl sites for hydroxylation is 1. The fraction of sp³-hybridized carbons (Fsp3) is 0.462. The Labute approximate surface area is 121 Å². The summed E-state index contributed by atoms with van der Waals surface area (Å²) in [5, 5.41) is 6.14. The van der Waals surface area contributed by atoms with Gasteiger partial charge in [-0.2, -0.15) is 0 Å². The number of hydrogen-bond donors (Lipinski definition) is 0. The highest BCUT2D eigenvalue weighted by Crippen LogP contribution is 2.27. The van der Waals surface area contributed by atoms with Gasteiger partial charge in [0.2, 0.25) is 5.88 Å². The van der Waals surface area contributed by atoms with Gasteiger partial charge in [-0.3, -0.25) is 9.48 Å².